The first-order valence-electron chi connectivity index (χ1n) is 11.9. The molecule has 210 valence electrons. The van der Waals surface area contributed by atoms with E-state index in [1.807, 2.05) is 0 Å². The van der Waals surface area contributed by atoms with Gasteiger partial charge in [-0.2, -0.15) is 0 Å². The normalized spacial score (nSPS) is 26.3. The molecule has 4 atom stereocenters. The van der Waals surface area contributed by atoms with Gasteiger partial charge in [-0.15, -0.1) is 0 Å². The number of likely N-dealkylation sites (N-methyl/N-ethyl adjacent to an activating group) is 1. The summed E-state index contributed by atoms with van der Waals surface area (Å²) in [5, 5.41) is 47.4. The largest absolute Gasteiger partial charge is 0.510 e. The predicted octanol–water partition coefficient (Wildman–Crippen LogP) is 1.17. The van der Waals surface area contributed by atoms with E-state index < -0.39 is 69.7 Å². The second-order valence-electron chi connectivity index (χ2n) is 10.3. The second-order valence-corrected chi connectivity index (χ2v) is 11.2. The summed E-state index contributed by atoms with van der Waals surface area (Å²) in [6, 6.07) is -1.09. The fraction of sp³-hybridized carbons (Fsp3) is 0.440. The van der Waals surface area contributed by atoms with Gasteiger partial charge in [-0.05, 0) is 38.4 Å². The molecule has 14 heteroatoms. The van der Waals surface area contributed by atoms with E-state index in [0.717, 1.165) is 0 Å². The van der Waals surface area contributed by atoms with Crippen LogP contribution in [0.3, 0.4) is 0 Å². The number of carbonyl (C=O) groups excluding carboxylic acids is 4. The van der Waals surface area contributed by atoms with Crippen LogP contribution in [-0.2, 0) is 20.8 Å². The Bertz CT molecular complexity index is 1400. The Morgan fingerprint density at radius 1 is 1.18 bits per heavy atom. The number of fused-ring (bicyclic) bond motifs is 3. The molecule has 0 saturated heterocycles. The smallest absolute Gasteiger partial charge is 0.255 e. The van der Waals surface area contributed by atoms with Crippen LogP contribution in [-0.4, -0.2) is 93.9 Å². The molecule has 0 bridgehead atoms. The number of aliphatic hydroxyl groups excluding tert-OH is 2. The number of rotatable bonds is 5. The number of Topliss-reactive ketones (excluding diaryl/α,β-unsaturated/α-hetero) is 2. The Kier molecular flexibility index (Phi) is 7.26. The average Bonchev–Trinajstić information content (AvgIpc) is 2.83. The fourth-order valence-corrected chi connectivity index (χ4v) is 6.65. The molecule has 1 aromatic rings. The SMILES string of the molecule is CN(C)c1c(Cl)c(NC(=O)CBr)c(O)c2c1CC1CC3[C@H](N(C)C)C(O)=C(C(N)=O)C(=O)C3(O)C(O)=C1C2=O. The molecule has 4 rings (SSSR count). The highest BCUT2D eigenvalue weighted by Gasteiger charge is 2.63. The molecule has 0 radical (unpaired) electrons. The summed E-state index contributed by atoms with van der Waals surface area (Å²) in [7, 11) is 6.44. The molecule has 39 heavy (non-hydrogen) atoms. The van der Waals surface area contributed by atoms with Crippen molar-refractivity contribution in [3.63, 3.8) is 0 Å². The van der Waals surface area contributed by atoms with Gasteiger partial charge >= 0.3 is 0 Å². The Hall–Kier alpha value is -3.13. The van der Waals surface area contributed by atoms with Crippen LogP contribution in [0.1, 0.15) is 22.3 Å². The third-order valence-corrected chi connectivity index (χ3v) is 8.51. The summed E-state index contributed by atoms with van der Waals surface area (Å²) in [6.07, 6.45) is 0.00108. The summed E-state index contributed by atoms with van der Waals surface area (Å²) >= 11 is 9.62. The van der Waals surface area contributed by atoms with Crippen molar-refractivity contribution in [1.82, 2.24) is 4.90 Å². The van der Waals surface area contributed by atoms with Gasteiger partial charge in [0.15, 0.2) is 17.1 Å². The molecule has 0 heterocycles. The van der Waals surface area contributed by atoms with Crippen LogP contribution in [0.4, 0.5) is 11.4 Å². The van der Waals surface area contributed by atoms with Gasteiger partial charge in [0.1, 0.15) is 22.8 Å². The molecule has 3 unspecified atom stereocenters. The van der Waals surface area contributed by atoms with E-state index in [0.29, 0.717) is 11.3 Å². The molecule has 0 fully saturated rings. The molecule has 0 spiro atoms. The van der Waals surface area contributed by atoms with Crippen molar-refractivity contribution in [3.8, 4) is 5.75 Å². The maximum atomic E-state index is 13.9. The lowest BCUT2D eigenvalue weighted by Crippen LogP contribution is -2.63. The Labute approximate surface area is 236 Å². The minimum Gasteiger partial charge on any atom is -0.510 e. The Balaban J connectivity index is 2.00. The molecule has 0 aliphatic heterocycles. The third-order valence-electron chi connectivity index (χ3n) is 7.64. The summed E-state index contributed by atoms with van der Waals surface area (Å²) in [4.78, 5) is 54.6. The lowest BCUT2D eigenvalue weighted by atomic mass is 9.58. The van der Waals surface area contributed by atoms with E-state index >= 15 is 0 Å². The van der Waals surface area contributed by atoms with Crippen molar-refractivity contribution in [1.29, 1.82) is 0 Å². The number of benzene rings is 1. The Morgan fingerprint density at radius 3 is 2.31 bits per heavy atom. The zero-order valence-electron chi connectivity index (χ0n) is 21.5. The first-order chi connectivity index (χ1) is 18.1. The summed E-state index contributed by atoms with van der Waals surface area (Å²) < 4.78 is 0. The fourth-order valence-electron chi connectivity index (χ4n) is 6.09. The van der Waals surface area contributed by atoms with Gasteiger partial charge in [0.2, 0.25) is 11.7 Å². The Morgan fingerprint density at radius 2 is 1.79 bits per heavy atom. The summed E-state index contributed by atoms with van der Waals surface area (Å²) in [5.74, 6) is -8.22. The van der Waals surface area contributed by atoms with Crippen LogP contribution < -0.4 is 16.0 Å². The zero-order valence-corrected chi connectivity index (χ0v) is 23.8. The van der Waals surface area contributed by atoms with E-state index in [2.05, 4.69) is 21.2 Å². The van der Waals surface area contributed by atoms with Crippen LogP contribution in [0.25, 0.3) is 0 Å². The van der Waals surface area contributed by atoms with Crippen molar-refractivity contribution < 1.29 is 39.6 Å². The lowest BCUT2D eigenvalue weighted by molar-refractivity contribution is -0.148. The highest BCUT2D eigenvalue weighted by atomic mass is 79.9. The van der Waals surface area contributed by atoms with E-state index in [1.54, 1.807) is 33.1 Å². The van der Waals surface area contributed by atoms with E-state index in [9.17, 15) is 39.6 Å². The summed E-state index contributed by atoms with van der Waals surface area (Å²) in [5.41, 5.74) is 1.63. The standard InChI is InChI=1S/C25H28BrClN4O8/c1-30(2)17-9-5-8-6-10-18(31(3)4)21(35)14(24(28)38)23(37)25(10,39)22(36)12(8)19(33)13(9)20(34)16(15(17)27)29-11(32)7-26/h8,10,18,34-36,39H,5-7H2,1-4H3,(H2,28,38)(H,29,32)/t8?,10?,18-,25?/m0/s1. The number of anilines is 2. The first-order valence-corrected chi connectivity index (χ1v) is 13.4. The van der Waals surface area contributed by atoms with Gasteiger partial charge in [0.05, 0.1) is 27.6 Å². The number of nitrogens with one attached hydrogen (secondary N) is 1. The number of carbonyl (C=O) groups is 4. The molecule has 0 saturated carbocycles. The molecule has 3 aliphatic rings. The molecule has 2 amide bonds. The van der Waals surface area contributed by atoms with Crippen molar-refractivity contribution >= 4 is 62.3 Å². The van der Waals surface area contributed by atoms with Crippen molar-refractivity contribution in [3.05, 3.63) is 38.8 Å². The minimum atomic E-state index is -2.75. The monoisotopic (exact) mass is 626 g/mol. The minimum absolute atomic E-state index is 0.00648. The number of hydrogen-bond acceptors (Lipinski definition) is 10. The summed E-state index contributed by atoms with van der Waals surface area (Å²) in [6.45, 7) is 0. The van der Waals surface area contributed by atoms with Crippen LogP contribution in [0.2, 0.25) is 5.02 Å². The van der Waals surface area contributed by atoms with Gasteiger partial charge in [0.25, 0.3) is 5.91 Å². The zero-order chi connectivity index (χ0) is 29.3. The van der Waals surface area contributed by atoms with E-state index in [4.69, 9.17) is 17.3 Å². The lowest BCUT2D eigenvalue weighted by Gasteiger charge is -2.50. The molecule has 7 N–H and O–H groups in total. The molecular formula is C25H28BrClN4O8. The quantitative estimate of drug-likeness (QED) is 0.157. The number of aromatic hydroxyl groups is 1. The third kappa shape index (κ3) is 4.01. The molecular weight excluding hydrogens is 600 g/mol. The maximum Gasteiger partial charge on any atom is 0.255 e. The number of aliphatic hydroxyl groups is 3. The number of phenolic OH excluding ortho intramolecular Hbond substituents is 1. The first kappa shape index (κ1) is 28.9. The van der Waals surface area contributed by atoms with Crippen molar-refractivity contribution in [2.45, 2.75) is 24.5 Å². The number of primary amides is 1. The van der Waals surface area contributed by atoms with Gasteiger partial charge in [0, 0.05) is 25.6 Å². The number of phenols is 1. The number of halogens is 2. The number of nitrogens with two attached hydrogens (primary N) is 1. The van der Waals surface area contributed by atoms with E-state index in [-0.39, 0.29) is 40.0 Å². The second kappa shape index (κ2) is 9.81. The number of amides is 2. The number of alkyl halides is 1. The van der Waals surface area contributed by atoms with Crippen molar-refractivity contribution in [2.24, 2.45) is 17.6 Å². The highest BCUT2D eigenvalue weighted by molar-refractivity contribution is 9.09. The maximum absolute atomic E-state index is 13.9. The number of nitrogens with zero attached hydrogens (tertiary/aromatic N) is 2. The van der Waals surface area contributed by atoms with E-state index in [1.165, 1.54) is 4.90 Å². The van der Waals surface area contributed by atoms with Crippen LogP contribution in [0, 0.1) is 11.8 Å². The predicted molar refractivity (Wildman–Crippen MR) is 145 cm³/mol. The molecule has 3 aliphatic carbocycles. The number of allylic oxidation sites excluding steroid dienone is 1. The molecule has 1 aromatic carbocycles. The molecule has 0 aromatic heterocycles. The van der Waals surface area contributed by atoms with Crippen LogP contribution in [0.15, 0.2) is 22.7 Å². The average molecular weight is 628 g/mol. The molecule has 12 nitrogen and oxygen atoms in total. The van der Waals surface area contributed by atoms with Gasteiger partial charge in [-0.1, -0.05) is 27.5 Å². The topological polar surface area (TPSA) is 194 Å². The highest BCUT2D eigenvalue weighted by Crippen LogP contribution is 2.55. The van der Waals surface area contributed by atoms with Crippen LogP contribution >= 0.6 is 27.5 Å². The number of hydrogen-bond donors (Lipinski definition) is 6. The van der Waals surface area contributed by atoms with Gasteiger partial charge < -0.3 is 36.4 Å². The van der Waals surface area contributed by atoms with Gasteiger partial charge in [-0.3, -0.25) is 24.1 Å². The number of ketones is 2. The van der Waals surface area contributed by atoms with Crippen LogP contribution in [0.5, 0.6) is 5.75 Å². The van der Waals surface area contributed by atoms with Crippen molar-refractivity contribution in [2.75, 3.05) is 43.7 Å². The van der Waals surface area contributed by atoms with Gasteiger partial charge in [-0.25, -0.2) is 0 Å².